The third-order valence-electron chi connectivity index (χ3n) is 4.30. The number of hydrogen-bond donors (Lipinski definition) is 2. The summed E-state index contributed by atoms with van der Waals surface area (Å²) in [6, 6.07) is 14.5. The first-order valence-electron chi connectivity index (χ1n) is 9.30. The fourth-order valence-corrected chi connectivity index (χ4v) is 3.23. The van der Waals surface area contributed by atoms with Crippen molar-refractivity contribution in [1.29, 1.82) is 0 Å². The fraction of sp³-hybridized carbons (Fsp3) is 0.238. The maximum Gasteiger partial charge on any atom is 0.329 e. The van der Waals surface area contributed by atoms with Gasteiger partial charge in [-0.2, -0.15) is 0 Å². The number of halogens is 1. The minimum absolute atomic E-state index is 0.0282. The molecule has 31 heavy (non-hydrogen) atoms. The van der Waals surface area contributed by atoms with Crippen molar-refractivity contribution in [2.45, 2.75) is 19.0 Å². The Kier molecular flexibility index (Phi) is 7.27. The second-order valence-electron chi connectivity index (χ2n) is 6.74. The summed E-state index contributed by atoms with van der Waals surface area (Å²) in [6.45, 7) is 1.86. The van der Waals surface area contributed by atoms with Gasteiger partial charge in [0, 0.05) is 5.69 Å². The first-order chi connectivity index (χ1) is 14.9. The van der Waals surface area contributed by atoms with E-state index in [4.69, 9.17) is 9.47 Å². The monoisotopic (exact) mass is 444 g/mol. The summed E-state index contributed by atoms with van der Waals surface area (Å²) in [5.74, 6) is -0.733. The van der Waals surface area contributed by atoms with Gasteiger partial charge in [0.15, 0.2) is 0 Å². The molecule has 0 saturated heterocycles. The van der Waals surface area contributed by atoms with E-state index < -0.39 is 23.2 Å². The molecule has 0 fully saturated rings. The number of ether oxygens (including phenoxy) is 2. The van der Waals surface area contributed by atoms with Crippen LogP contribution in [-0.4, -0.2) is 41.3 Å². The highest BCUT2D eigenvalue weighted by atomic mass is 32.1. The number of aromatic nitrogens is 2. The lowest BCUT2D eigenvalue weighted by atomic mass is 10.0. The van der Waals surface area contributed by atoms with Gasteiger partial charge < -0.3 is 14.8 Å². The van der Waals surface area contributed by atoms with Crippen molar-refractivity contribution in [1.82, 2.24) is 15.5 Å². The highest BCUT2D eigenvalue weighted by Crippen LogP contribution is 2.17. The Morgan fingerprint density at radius 2 is 1.81 bits per heavy atom. The molecule has 3 aromatic rings. The zero-order chi connectivity index (χ0) is 22.3. The van der Waals surface area contributed by atoms with E-state index in [1.807, 2.05) is 18.2 Å². The Labute approximate surface area is 182 Å². The van der Waals surface area contributed by atoms with E-state index in [1.165, 1.54) is 31.4 Å². The molecule has 0 spiro atoms. The molecular formula is C21H21FN4O4S. The average molecular weight is 444 g/mol. The Morgan fingerprint density at radius 1 is 1.10 bits per heavy atom. The SMILES string of the molecule is COC(=O)C(C)(COc1ccccc1)NCc1nnc(C(=O)Nc2ccc(F)cc2)s1. The van der Waals surface area contributed by atoms with Crippen LogP contribution in [0.3, 0.4) is 0 Å². The largest absolute Gasteiger partial charge is 0.491 e. The quantitative estimate of drug-likeness (QED) is 0.489. The van der Waals surface area contributed by atoms with Gasteiger partial charge in [-0.1, -0.05) is 29.5 Å². The van der Waals surface area contributed by atoms with Crippen molar-refractivity contribution in [2.24, 2.45) is 0 Å². The third kappa shape index (κ3) is 6.06. The molecule has 2 aromatic carbocycles. The van der Waals surface area contributed by atoms with Gasteiger partial charge in [0.2, 0.25) is 5.01 Å². The smallest absolute Gasteiger partial charge is 0.329 e. The lowest BCUT2D eigenvalue weighted by Crippen LogP contribution is -2.54. The molecule has 0 aliphatic heterocycles. The summed E-state index contributed by atoms with van der Waals surface area (Å²) < 4.78 is 23.6. The van der Waals surface area contributed by atoms with Gasteiger partial charge in [-0.25, -0.2) is 9.18 Å². The fourth-order valence-electron chi connectivity index (χ4n) is 2.56. The van der Waals surface area contributed by atoms with E-state index in [0.29, 0.717) is 16.4 Å². The van der Waals surface area contributed by atoms with Crippen molar-refractivity contribution in [2.75, 3.05) is 19.0 Å². The van der Waals surface area contributed by atoms with E-state index in [9.17, 15) is 14.0 Å². The van der Waals surface area contributed by atoms with Crippen molar-refractivity contribution >= 4 is 28.9 Å². The van der Waals surface area contributed by atoms with Crippen LogP contribution in [0, 0.1) is 5.82 Å². The van der Waals surface area contributed by atoms with Crippen LogP contribution in [0.2, 0.25) is 0 Å². The molecule has 8 nitrogen and oxygen atoms in total. The van der Waals surface area contributed by atoms with Crippen LogP contribution in [0.4, 0.5) is 10.1 Å². The van der Waals surface area contributed by atoms with Crippen LogP contribution in [0.5, 0.6) is 5.75 Å². The molecule has 0 radical (unpaired) electrons. The Bertz CT molecular complexity index is 1030. The molecule has 1 atom stereocenters. The maximum absolute atomic E-state index is 13.0. The second kappa shape index (κ2) is 10.1. The summed E-state index contributed by atoms with van der Waals surface area (Å²) in [4.78, 5) is 24.6. The molecule has 162 valence electrons. The predicted molar refractivity (Wildman–Crippen MR) is 113 cm³/mol. The number of amides is 1. The van der Waals surface area contributed by atoms with Crippen LogP contribution < -0.4 is 15.4 Å². The molecule has 0 bridgehead atoms. The van der Waals surface area contributed by atoms with Gasteiger partial charge in [0.25, 0.3) is 5.91 Å². The molecule has 1 unspecified atom stereocenters. The number of rotatable bonds is 9. The van der Waals surface area contributed by atoms with Crippen LogP contribution in [0.15, 0.2) is 54.6 Å². The summed E-state index contributed by atoms with van der Waals surface area (Å²) in [5, 5.41) is 14.2. The zero-order valence-corrected chi connectivity index (χ0v) is 17.7. The number of anilines is 1. The molecule has 1 heterocycles. The number of carbonyl (C=O) groups is 2. The number of hydrogen-bond acceptors (Lipinski definition) is 8. The van der Waals surface area contributed by atoms with Crippen LogP contribution >= 0.6 is 11.3 Å². The van der Waals surface area contributed by atoms with Crippen molar-refractivity contribution < 1.29 is 23.5 Å². The molecule has 3 rings (SSSR count). The minimum atomic E-state index is -1.15. The highest BCUT2D eigenvalue weighted by Gasteiger charge is 2.35. The van der Waals surface area contributed by atoms with Gasteiger partial charge in [-0.15, -0.1) is 10.2 Å². The first-order valence-corrected chi connectivity index (χ1v) is 10.1. The average Bonchev–Trinajstić information content (AvgIpc) is 3.27. The maximum atomic E-state index is 13.0. The number of nitrogens with zero attached hydrogens (tertiary/aromatic N) is 2. The van der Waals surface area contributed by atoms with Crippen molar-refractivity contribution in [3.05, 3.63) is 70.4 Å². The number of para-hydroxylation sites is 1. The first kappa shape index (κ1) is 22.3. The van der Waals surface area contributed by atoms with Gasteiger partial charge >= 0.3 is 5.97 Å². The molecular weight excluding hydrogens is 423 g/mol. The summed E-state index contributed by atoms with van der Waals surface area (Å²) >= 11 is 1.07. The van der Waals surface area contributed by atoms with Crippen molar-refractivity contribution in [3.8, 4) is 5.75 Å². The molecule has 10 heteroatoms. The number of nitrogens with one attached hydrogen (secondary N) is 2. The lowest BCUT2D eigenvalue weighted by molar-refractivity contribution is -0.149. The van der Waals surface area contributed by atoms with E-state index >= 15 is 0 Å². The van der Waals surface area contributed by atoms with E-state index in [0.717, 1.165) is 11.3 Å². The second-order valence-corrected chi connectivity index (χ2v) is 7.80. The van der Waals surface area contributed by atoms with E-state index in [2.05, 4.69) is 20.8 Å². The normalized spacial score (nSPS) is 12.6. The predicted octanol–water partition coefficient (Wildman–Crippen LogP) is 3.03. The topological polar surface area (TPSA) is 102 Å². The molecule has 0 aliphatic rings. The Balaban J connectivity index is 1.61. The number of esters is 1. The molecule has 1 aromatic heterocycles. The summed E-state index contributed by atoms with van der Waals surface area (Å²) in [6.07, 6.45) is 0. The highest BCUT2D eigenvalue weighted by molar-refractivity contribution is 7.13. The van der Waals surface area contributed by atoms with Crippen LogP contribution in [-0.2, 0) is 16.1 Å². The number of methoxy groups -OCH3 is 1. The minimum Gasteiger partial charge on any atom is -0.491 e. The number of benzene rings is 2. The molecule has 2 N–H and O–H groups in total. The van der Waals surface area contributed by atoms with E-state index in [-0.39, 0.29) is 18.2 Å². The number of carbonyl (C=O) groups excluding carboxylic acids is 2. The summed E-state index contributed by atoms with van der Waals surface area (Å²) in [5.41, 5.74) is -0.704. The van der Waals surface area contributed by atoms with Crippen molar-refractivity contribution in [3.63, 3.8) is 0 Å². The Hall–Kier alpha value is -3.37. The van der Waals surface area contributed by atoms with Crippen LogP contribution in [0.1, 0.15) is 21.7 Å². The van der Waals surface area contributed by atoms with Gasteiger partial charge in [0.1, 0.15) is 28.7 Å². The molecule has 0 saturated carbocycles. The van der Waals surface area contributed by atoms with Gasteiger partial charge in [-0.05, 0) is 43.3 Å². The zero-order valence-electron chi connectivity index (χ0n) is 16.9. The van der Waals surface area contributed by atoms with Crippen LogP contribution in [0.25, 0.3) is 0 Å². The standard InChI is InChI=1S/C21H21FN4O4S/c1-21(20(28)29-2,13-30-16-6-4-3-5-7-16)23-12-17-25-26-19(31-17)18(27)24-15-10-8-14(22)9-11-15/h3-11,23H,12-13H2,1-2H3,(H,24,27). The van der Waals surface area contributed by atoms with Gasteiger partial charge in [-0.3, -0.25) is 10.1 Å². The van der Waals surface area contributed by atoms with Gasteiger partial charge in [0.05, 0.1) is 13.7 Å². The lowest BCUT2D eigenvalue weighted by Gasteiger charge is -2.27. The molecule has 0 aliphatic carbocycles. The van der Waals surface area contributed by atoms with E-state index in [1.54, 1.807) is 19.1 Å². The molecule has 1 amide bonds. The Morgan fingerprint density at radius 3 is 2.48 bits per heavy atom. The summed E-state index contributed by atoms with van der Waals surface area (Å²) in [7, 11) is 1.30. The third-order valence-corrected chi connectivity index (χ3v) is 5.22.